The van der Waals surface area contributed by atoms with Crippen molar-refractivity contribution in [3.05, 3.63) is 0 Å². The highest BCUT2D eigenvalue weighted by Crippen LogP contribution is 2.13. The average Bonchev–Trinajstić information content (AvgIpc) is 2.03. The molecular formula is C8H19N3. The first-order valence-electron chi connectivity index (χ1n) is 4.32. The van der Waals surface area contributed by atoms with E-state index >= 15 is 0 Å². The number of likely N-dealkylation sites (N-methyl/N-ethyl adjacent to an activating group) is 2. The van der Waals surface area contributed by atoms with E-state index in [9.17, 15) is 0 Å². The topological polar surface area (TPSA) is 41.3 Å². The third kappa shape index (κ3) is 2.43. The fourth-order valence-corrected chi connectivity index (χ4v) is 1.82. The minimum absolute atomic E-state index is 0.641. The molecule has 3 nitrogen and oxygen atoms in total. The molecule has 0 aromatic rings. The molecule has 0 amide bonds. The zero-order valence-corrected chi connectivity index (χ0v) is 7.51. The quantitative estimate of drug-likeness (QED) is 0.567. The highest BCUT2D eigenvalue weighted by molar-refractivity contribution is 4.81. The maximum atomic E-state index is 5.63. The first kappa shape index (κ1) is 8.97. The lowest BCUT2D eigenvalue weighted by atomic mass is 9.95. The summed E-state index contributed by atoms with van der Waals surface area (Å²) in [6.45, 7) is 3.14. The van der Waals surface area contributed by atoms with Gasteiger partial charge in [-0.05, 0) is 33.0 Å². The van der Waals surface area contributed by atoms with Crippen molar-refractivity contribution in [2.24, 2.45) is 11.7 Å². The van der Waals surface area contributed by atoms with E-state index in [2.05, 4.69) is 17.3 Å². The Kier molecular flexibility index (Phi) is 3.30. The molecule has 0 aromatic heterocycles. The smallest absolute Gasteiger partial charge is 0.0195 e. The van der Waals surface area contributed by atoms with E-state index in [-0.39, 0.29) is 0 Å². The predicted molar refractivity (Wildman–Crippen MR) is 47.5 cm³/mol. The van der Waals surface area contributed by atoms with Crippen LogP contribution in [0.5, 0.6) is 0 Å². The van der Waals surface area contributed by atoms with Crippen LogP contribution in [0.15, 0.2) is 0 Å². The number of nitrogens with zero attached hydrogens (tertiary/aromatic N) is 1. The number of hydrogen-bond donors (Lipinski definition) is 2. The SMILES string of the molecule is CNC1CC(CN)CN(C)C1. The van der Waals surface area contributed by atoms with Crippen molar-refractivity contribution in [2.45, 2.75) is 12.5 Å². The lowest BCUT2D eigenvalue weighted by molar-refractivity contribution is 0.178. The molecule has 3 heteroatoms. The van der Waals surface area contributed by atoms with Gasteiger partial charge in [0.2, 0.25) is 0 Å². The molecule has 2 atom stereocenters. The number of piperidine rings is 1. The molecule has 11 heavy (non-hydrogen) atoms. The van der Waals surface area contributed by atoms with E-state index in [0.717, 1.165) is 19.6 Å². The fourth-order valence-electron chi connectivity index (χ4n) is 1.82. The second-order valence-electron chi connectivity index (χ2n) is 3.54. The summed E-state index contributed by atoms with van der Waals surface area (Å²) in [6, 6.07) is 0.641. The van der Waals surface area contributed by atoms with Gasteiger partial charge in [-0.2, -0.15) is 0 Å². The minimum Gasteiger partial charge on any atom is -0.330 e. The van der Waals surface area contributed by atoms with Crippen LogP contribution >= 0.6 is 0 Å². The van der Waals surface area contributed by atoms with Gasteiger partial charge in [0.25, 0.3) is 0 Å². The Hall–Kier alpha value is -0.120. The van der Waals surface area contributed by atoms with E-state index in [1.165, 1.54) is 6.42 Å². The van der Waals surface area contributed by atoms with Crippen molar-refractivity contribution in [3.63, 3.8) is 0 Å². The molecule has 0 aliphatic carbocycles. The molecule has 0 bridgehead atoms. The van der Waals surface area contributed by atoms with E-state index in [1.54, 1.807) is 0 Å². The molecule has 2 unspecified atom stereocenters. The first-order valence-corrected chi connectivity index (χ1v) is 4.32. The molecule has 1 heterocycles. The van der Waals surface area contributed by atoms with Crippen molar-refractivity contribution in [2.75, 3.05) is 33.7 Å². The van der Waals surface area contributed by atoms with Gasteiger partial charge in [0, 0.05) is 19.1 Å². The second-order valence-corrected chi connectivity index (χ2v) is 3.54. The summed E-state index contributed by atoms with van der Waals surface area (Å²) in [5.74, 6) is 0.686. The van der Waals surface area contributed by atoms with E-state index in [4.69, 9.17) is 5.73 Å². The van der Waals surface area contributed by atoms with E-state index < -0.39 is 0 Å². The van der Waals surface area contributed by atoms with Gasteiger partial charge in [0.15, 0.2) is 0 Å². The van der Waals surface area contributed by atoms with Crippen LogP contribution in [-0.2, 0) is 0 Å². The van der Waals surface area contributed by atoms with Crippen LogP contribution < -0.4 is 11.1 Å². The largest absolute Gasteiger partial charge is 0.330 e. The number of nitrogens with one attached hydrogen (secondary N) is 1. The number of nitrogens with two attached hydrogens (primary N) is 1. The molecule has 1 aliphatic rings. The van der Waals surface area contributed by atoms with Crippen LogP contribution in [0.3, 0.4) is 0 Å². The van der Waals surface area contributed by atoms with Gasteiger partial charge in [-0.3, -0.25) is 0 Å². The number of hydrogen-bond acceptors (Lipinski definition) is 3. The zero-order valence-electron chi connectivity index (χ0n) is 7.51. The summed E-state index contributed by atoms with van der Waals surface area (Å²) in [6.07, 6.45) is 1.23. The summed E-state index contributed by atoms with van der Waals surface area (Å²) in [4.78, 5) is 2.35. The monoisotopic (exact) mass is 157 g/mol. The normalized spacial score (nSPS) is 34.1. The lowest BCUT2D eigenvalue weighted by Gasteiger charge is -2.34. The third-order valence-electron chi connectivity index (χ3n) is 2.46. The summed E-state index contributed by atoms with van der Waals surface area (Å²) >= 11 is 0. The second kappa shape index (κ2) is 4.04. The maximum Gasteiger partial charge on any atom is 0.0195 e. The summed E-state index contributed by atoms with van der Waals surface area (Å²) in [7, 11) is 4.18. The molecule has 1 fully saturated rings. The summed E-state index contributed by atoms with van der Waals surface area (Å²) < 4.78 is 0. The lowest BCUT2D eigenvalue weighted by Crippen LogP contribution is -2.48. The van der Waals surface area contributed by atoms with Gasteiger partial charge in [-0.25, -0.2) is 0 Å². The Balaban J connectivity index is 2.37. The van der Waals surface area contributed by atoms with Crippen molar-refractivity contribution < 1.29 is 0 Å². The van der Waals surface area contributed by atoms with Crippen LogP contribution in [0, 0.1) is 5.92 Å². The van der Waals surface area contributed by atoms with Crippen LogP contribution in [0.2, 0.25) is 0 Å². The molecule has 0 aromatic carbocycles. The molecule has 1 rings (SSSR count). The molecule has 3 N–H and O–H groups in total. The fraction of sp³-hybridized carbons (Fsp3) is 1.00. The van der Waals surface area contributed by atoms with Gasteiger partial charge in [-0.15, -0.1) is 0 Å². The Morgan fingerprint density at radius 1 is 1.55 bits per heavy atom. The molecule has 1 aliphatic heterocycles. The Labute approximate surface area is 68.9 Å². The predicted octanol–water partition coefficient (Wildman–Crippen LogP) is -0.515. The van der Waals surface area contributed by atoms with Gasteiger partial charge >= 0.3 is 0 Å². The van der Waals surface area contributed by atoms with Gasteiger partial charge in [0.1, 0.15) is 0 Å². The van der Waals surface area contributed by atoms with Gasteiger partial charge < -0.3 is 16.0 Å². The van der Waals surface area contributed by atoms with Crippen molar-refractivity contribution in [1.29, 1.82) is 0 Å². The Morgan fingerprint density at radius 2 is 2.27 bits per heavy atom. The first-order chi connectivity index (χ1) is 5.26. The number of rotatable bonds is 2. The van der Waals surface area contributed by atoms with Gasteiger partial charge in [0.05, 0.1) is 0 Å². The Morgan fingerprint density at radius 3 is 2.82 bits per heavy atom. The molecule has 0 saturated carbocycles. The minimum atomic E-state index is 0.641. The molecule has 0 radical (unpaired) electrons. The van der Waals surface area contributed by atoms with Crippen LogP contribution in [0.4, 0.5) is 0 Å². The third-order valence-corrected chi connectivity index (χ3v) is 2.46. The van der Waals surface area contributed by atoms with E-state index in [0.29, 0.717) is 12.0 Å². The zero-order chi connectivity index (χ0) is 8.27. The van der Waals surface area contributed by atoms with E-state index in [1.807, 2.05) is 7.05 Å². The van der Waals surface area contributed by atoms with Crippen LogP contribution in [-0.4, -0.2) is 44.7 Å². The highest BCUT2D eigenvalue weighted by atomic mass is 15.1. The standard InChI is InChI=1S/C8H19N3/c1-10-8-3-7(4-9)5-11(2)6-8/h7-8,10H,3-6,9H2,1-2H3. The highest BCUT2D eigenvalue weighted by Gasteiger charge is 2.22. The average molecular weight is 157 g/mol. The van der Waals surface area contributed by atoms with Crippen molar-refractivity contribution in [1.82, 2.24) is 10.2 Å². The van der Waals surface area contributed by atoms with Gasteiger partial charge in [-0.1, -0.05) is 0 Å². The Bertz CT molecular complexity index is 104. The number of likely N-dealkylation sites (tertiary alicyclic amines) is 1. The van der Waals surface area contributed by atoms with Crippen molar-refractivity contribution in [3.8, 4) is 0 Å². The maximum absolute atomic E-state index is 5.63. The molecule has 66 valence electrons. The molecule has 1 saturated heterocycles. The summed E-state index contributed by atoms with van der Waals surface area (Å²) in [5, 5.41) is 3.30. The molecule has 0 spiro atoms. The van der Waals surface area contributed by atoms with Crippen LogP contribution in [0.1, 0.15) is 6.42 Å². The van der Waals surface area contributed by atoms with Crippen molar-refractivity contribution >= 4 is 0 Å². The van der Waals surface area contributed by atoms with Crippen LogP contribution in [0.25, 0.3) is 0 Å². The summed E-state index contributed by atoms with van der Waals surface area (Å²) in [5.41, 5.74) is 5.63. The molecular weight excluding hydrogens is 138 g/mol.